The summed E-state index contributed by atoms with van der Waals surface area (Å²) in [6.07, 6.45) is 4.43. The molecule has 4 heterocycles. The van der Waals surface area contributed by atoms with Crippen molar-refractivity contribution in [2.24, 2.45) is 14.1 Å². The molecule has 0 saturated heterocycles. The minimum atomic E-state index is 0.0284. The Kier molecular flexibility index (Phi) is 3.19. The third kappa shape index (κ3) is 2.50. The second kappa shape index (κ2) is 5.24. The number of aromatic nitrogens is 5. The summed E-state index contributed by atoms with van der Waals surface area (Å²) in [5, 5.41) is 11.1. The average molecular weight is 314 g/mol. The fourth-order valence-electron chi connectivity index (χ4n) is 3.07. The first-order valence-electron chi connectivity index (χ1n) is 7.54. The molecule has 23 heavy (non-hydrogen) atoms. The highest BCUT2D eigenvalue weighted by molar-refractivity contribution is 5.56. The highest BCUT2D eigenvalue weighted by atomic mass is 16.5. The molecule has 3 aromatic rings. The first kappa shape index (κ1) is 14.0. The van der Waals surface area contributed by atoms with Crippen LogP contribution in [0.4, 0.5) is 0 Å². The molecule has 120 valence electrons. The van der Waals surface area contributed by atoms with Crippen molar-refractivity contribution >= 4 is 0 Å². The molecule has 0 unspecified atom stereocenters. The molecular formula is C15H18N6O2. The summed E-state index contributed by atoms with van der Waals surface area (Å²) in [4.78, 5) is 14.0. The third-order valence-electron chi connectivity index (χ3n) is 4.29. The molecule has 0 radical (unpaired) electrons. The van der Waals surface area contributed by atoms with Gasteiger partial charge < -0.3 is 4.52 Å². The number of hydrogen-bond acceptors (Lipinski definition) is 5. The molecule has 3 aromatic heterocycles. The van der Waals surface area contributed by atoms with Crippen molar-refractivity contribution in [1.82, 2.24) is 29.6 Å². The summed E-state index contributed by atoms with van der Waals surface area (Å²) in [5.41, 5.74) is 3.71. The zero-order valence-corrected chi connectivity index (χ0v) is 13.1. The van der Waals surface area contributed by atoms with Gasteiger partial charge in [0, 0.05) is 50.6 Å². The highest BCUT2D eigenvalue weighted by Crippen LogP contribution is 2.21. The first-order chi connectivity index (χ1) is 11.1. The van der Waals surface area contributed by atoms with Crippen LogP contribution in [0.5, 0.6) is 0 Å². The third-order valence-corrected chi connectivity index (χ3v) is 4.29. The smallest absolute Gasteiger partial charge is 0.267 e. The zero-order valence-electron chi connectivity index (χ0n) is 13.1. The van der Waals surface area contributed by atoms with Crippen LogP contribution < -0.4 is 5.56 Å². The van der Waals surface area contributed by atoms with Crippen LogP contribution in [-0.4, -0.2) is 36.2 Å². The zero-order chi connectivity index (χ0) is 16.0. The van der Waals surface area contributed by atoms with Crippen molar-refractivity contribution in [2.45, 2.75) is 19.5 Å². The number of aryl methyl sites for hydroxylation is 2. The fourth-order valence-corrected chi connectivity index (χ4v) is 3.07. The Bertz CT molecular complexity index is 899. The van der Waals surface area contributed by atoms with Crippen molar-refractivity contribution in [3.8, 4) is 11.3 Å². The Hall–Kier alpha value is -2.61. The average Bonchev–Trinajstić information content (AvgIpc) is 3.21. The van der Waals surface area contributed by atoms with Gasteiger partial charge >= 0.3 is 0 Å². The van der Waals surface area contributed by atoms with Gasteiger partial charge in [0.25, 0.3) is 5.56 Å². The van der Waals surface area contributed by atoms with E-state index in [-0.39, 0.29) is 5.56 Å². The van der Waals surface area contributed by atoms with E-state index >= 15 is 0 Å². The van der Waals surface area contributed by atoms with Crippen LogP contribution in [0, 0.1) is 0 Å². The van der Waals surface area contributed by atoms with Crippen LogP contribution in [-0.2, 0) is 33.6 Å². The lowest BCUT2D eigenvalue weighted by Gasteiger charge is -2.25. The van der Waals surface area contributed by atoms with Crippen LogP contribution in [0.25, 0.3) is 11.3 Å². The topological polar surface area (TPSA) is 84.9 Å². The van der Waals surface area contributed by atoms with E-state index in [1.165, 1.54) is 0 Å². The molecule has 8 nitrogen and oxygen atoms in total. The number of hydrogen-bond donors (Lipinski definition) is 1. The van der Waals surface area contributed by atoms with Crippen LogP contribution in [0.3, 0.4) is 0 Å². The predicted molar refractivity (Wildman–Crippen MR) is 82.6 cm³/mol. The van der Waals surface area contributed by atoms with Gasteiger partial charge in [0.15, 0.2) is 5.76 Å². The van der Waals surface area contributed by atoms with Crippen molar-refractivity contribution in [3.05, 3.63) is 45.8 Å². The van der Waals surface area contributed by atoms with Gasteiger partial charge in [-0.15, -0.1) is 0 Å². The molecule has 0 atom stereocenters. The van der Waals surface area contributed by atoms with Crippen molar-refractivity contribution < 1.29 is 4.52 Å². The molecule has 1 N–H and O–H groups in total. The van der Waals surface area contributed by atoms with Crippen LogP contribution in [0.1, 0.15) is 17.0 Å². The minimum absolute atomic E-state index is 0.0284. The SMILES string of the molecule is Cn1cc(-c2cc(CN3CCc4c(n(C)[nH]c4=O)C3)on2)cn1. The molecule has 0 spiro atoms. The lowest BCUT2D eigenvalue weighted by Crippen LogP contribution is -2.32. The second-order valence-electron chi connectivity index (χ2n) is 5.97. The van der Waals surface area contributed by atoms with Crippen LogP contribution in [0.15, 0.2) is 27.8 Å². The van der Waals surface area contributed by atoms with E-state index in [2.05, 4.69) is 20.3 Å². The lowest BCUT2D eigenvalue weighted by molar-refractivity contribution is 0.209. The Morgan fingerprint density at radius 3 is 3.04 bits per heavy atom. The summed E-state index contributed by atoms with van der Waals surface area (Å²) < 4.78 is 9.00. The maximum absolute atomic E-state index is 11.8. The van der Waals surface area contributed by atoms with Gasteiger partial charge in [-0.05, 0) is 6.42 Å². The van der Waals surface area contributed by atoms with E-state index in [9.17, 15) is 4.79 Å². The van der Waals surface area contributed by atoms with Gasteiger partial charge in [-0.3, -0.25) is 24.2 Å². The molecular weight excluding hydrogens is 296 g/mol. The van der Waals surface area contributed by atoms with Crippen molar-refractivity contribution in [2.75, 3.05) is 6.54 Å². The number of nitrogens with one attached hydrogen (secondary N) is 1. The van der Waals surface area contributed by atoms with Gasteiger partial charge in [0.05, 0.1) is 18.4 Å². The number of aromatic amines is 1. The van der Waals surface area contributed by atoms with Gasteiger partial charge in [-0.2, -0.15) is 5.10 Å². The molecule has 4 rings (SSSR count). The Morgan fingerprint density at radius 2 is 2.26 bits per heavy atom. The number of rotatable bonds is 3. The van der Waals surface area contributed by atoms with Gasteiger partial charge in [-0.25, -0.2) is 0 Å². The second-order valence-corrected chi connectivity index (χ2v) is 5.97. The Balaban J connectivity index is 1.50. The Labute approximate surface area is 132 Å². The van der Waals surface area contributed by atoms with Crippen LogP contribution in [0.2, 0.25) is 0 Å². The summed E-state index contributed by atoms with van der Waals surface area (Å²) in [6.45, 7) is 2.24. The van der Waals surface area contributed by atoms with E-state index in [4.69, 9.17) is 4.52 Å². The normalized spacial score (nSPS) is 15.0. The van der Waals surface area contributed by atoms with Gasteiger partial charge in [0.2, 0.25) is 0 Å². The quantitative estimate of drug-likeness (QED) is 0.767. The summed E-state index contributed by atoms with van der Waals surface area (Å²) in [6, 6.07) is 1.95. The number of H-pyrrole nitrogens is 1. The standard InChI is InChI=1S/C15H18N6O2/c1-19-7-10(6-16-19)13-5-11(23-18-13)8-21-4-3-12-14(9-21)20(2)17-15(12)22/h5-7H,3-4,8-9H2,1-2H3,(H,17,22). The minimum Gasteiger partial charge on any atom is -0.359 e. The maximum Gasteiger partial charge on any atom is 0.267 e. The summed E-state index contributed by atoms with van der Waals surface area (Å²) in [5.74, 6) is 0.813. The molecule has 0 aliphatic carbocycles. The van der Waals surface area contributed by atoms with Gasteiger partial charge in [0.1, 0.15) is 5.69 Å². The van der Waals surface area contributed by atoms with E-state index < -0.39 is 0 Å². The summed E-state index contributed by atoms with van der Waals surface area (Å²) in [7, 11) is 3.75. The fraction of sp³-hybridized carbons (Fsp3) is 0.400. The number of fused-ring (bicyclic) bond motifs is 1. The van der Waals surface area contributed by atoms with E-state index in [1.54, 1.807) is 10.9 Å². The lowest BCUT2D eigenvalue weighted by atomic mass is 10.1. The molecule has 0 bridgehead atoms. The molecule has 0 aromatic carbocycles. The van der Waals surface area contributed by atoms with Crippen molar-refractivity contribution in [1.29, 1.82) is 0 Å². The van der Waals surface area contributed by atoms with E-state index in [0.29, 0.717) is 6.54 Å². The van der Waals surface area contributed by atoms with E-state index in [0.717, 1.165) is 47.8 Å². The van der Waals surface area contributed by atoms with Crippen LogP contribution >= 0.6 is 0 Å². The highest BCUT2D eigenvalue weighted by Gasteiger charge is 2.23. The monoisotopic (exact) mass is 314 g/mol. The van der Waals surface area contributed by atoms with Gasteiger partial charge in [-0.1, -0.05) is 5.16 Å². The summed E-state index contributed by atoms with van der Waals surface area (Å²) >= 11 is 0. The number of nitrogens with zero attached hydrogens (tertiary/aromatic N) is 5. The molecule has 0 amide bonds. The maximum atomic E-state index is 11.8. The largest absolute Gasteiger partial charge is 0.359 e. The van der Waals surface area contributed by atoms with E-state index in [1.807, 2.05) is 31.0 Å². The molecule has 0 saturated carbocycles. The molecule has 1 aliphatic rings. The molecule has 0 fully saturated rings. The van der Waals surface area contributed by atoms with Crippen molar-refractivity contribution in [3.63, 3.8) is 0 Å². The molecule has 8 heteroatoms. The molecule has 1 aliphatic heterocycles. The Morgan fingerprint density at radius 1 is 1.39 bits per heavy atom. The predicted octanol–water partition coefficient (Wildman–Crippen LogP) is 0.660. The first-order valence-corrected chi connectivity index (χ1v) is 7.54.